The maximum absolute atomic E-state index is 4.03. The number of rotatable bonds is 4. The number of nitrogens with zero attached hydrogens (tertiary/aromatic N) is 4. The van der Waals surface area contributed by atoms with Crippen LogP contribution in [0.15, 0.2) is 146 Å². The van der Waals surface area contributed by atoms with Gasteiger partial charge in [-0.05, 0) is 46.5 Å². The molecule has 12 rings (SSSR count). The summed E-state index contributed by atoms with van der Waals surface area (Å²) in [6.45, 7) is 0. The quantitative estimate of drug-likeness (QED) is 0.194. The minimum atomic E-state index is 1.09. The molecule has 0 spiro atoms. The molecule has 0 amide bonds. The lowest BCUT2D eigenvalue weighted by Gasteiger charge is -2.18. The molecule has 4 aromatic carbocycles. The average Bonchev–Trinajstić information content (AvgIpc) is 3.96. The van der Waals surface area contributed by atoms with E-state index in [9.17, 15) is 0 Å². The van der Waals surface area contributed by atoms with Crippen molar-refractivity contribution in [2.24, 2.45) is 0 Å². The van der Waals surface area contributed by atoms with Gasteiger partial charge in [0, 0.05) is 24.3 Å². The van der Waals surface area contributed by atoms with E-state index in [1.54, 1.807) is 0 Å². The zero-order valence-electron chi connectivity index (χ0n) is 26.5. The summed E-state index contributed by atoms with van der Waals surface area (Å²) in [6, 6.07) is 52.3. The standard InChI is InChI=1S/C44H29N5/c1-5-13-29(14-6-1)41-33-21-22-34-42(30-15-7-2-8-16-30)39-27-28-40-44(32-19-11-4-12-20-32)36-24-23-35(47(36)45-46(33)34)43(31-17-9-3-10-18-31)38-26-25-37(41)48(38)49(39)40/h1-28,45H/q+2. The highest BCUT2D eigenvalue weighted by molar-refractivity contribution is 6.00. The maximum atomic E-state index is 4.03. The third-order valence-corrected chi connectivity index (χ3v) is 10.2. The smallest absolute Gasteiger partial charge is 0.240 e. The van der Waals surface area contributed by atoms with Gasteiger partial charge in [0.05, 0.1) is 53.4 Å². The highest BCUT2D eigenvalue weighted by Crippen LogP contribution is 2.41. The summed E-state index contributed by atoms with van der Waals surface area (Å²) >= 11 is 0. The average molecular weight is 628 g/mol. The molecule has 228 valence electrons. The number of nitrogens with one attached hydrogen (secondary N) is 1. The molecule has 4 aromatic heterocycles. The van der Waals surface area contributed by atoms with Crippen molar-refractivity contribution in [1.82, 2.24) is 9.35 Å². The summed E-state index contributed by atoms with van der Waals surface area (Å²) < 4.78 is 9.57. The molecular formula is C44H29N5+2. The van der Waals surface area contributed by atoms with Crippen LogP contribution in [0.4, 0.5) is 0 Å². The first kappa shape index (κ1) is 26.4. The molecule has 0 saturated carbocycles. The van der Waals surface area contributed by atoms with Crippen LogP contribution < -0.4 is 14.6 Å². The second-order valence-corrected chi connectivity index (χ2v) is 12.8. The van der Waals surface area contributed by atoms with Crippen LogP contribution in [0.3, 0.4) is 0 Å². The molecule has 0 radical (unpaired) electrons. The van der Waals surface area contributed by atoms with Crippen LogP contribution in [-0.2, 0) is 0 Å². The Morgan fingerprint density at radius 2 is 0.551 bits per heavy atom. The van der Waals surface area contributed by atoms with Gasteiger partial charge in [-0.2, -0.15) is 0 Å². The summed E-state index contributed by atoms with van der Waals surface area (Å²) in [7, 11) is 0. The lowest BCUT2D eigenvalue weighted by Crippen LogP contribution is -2.57. The number of aromatic nitrogens is 4. The molecule has 4 aliphatic rings. The van der Waals surface area contributed by atoms with Crippen molar-refractivity contribution >= 4 is 46.4 Å². The summed E-state index contributed by atoms with van der Waals surface area (Å²) in [4.78, 5) is 0. The summed E-state index contributed by atoms with van der Waals surface area (Å²) in [5, 5.41) is 0. The second-order valence-electron chi connectivity index (χ2n) is 12.8. The zero-order valence-corrected chi connectivity index (χ0v) is 26.5. The fraction of sp³-hybridized carbons (Fsp3) is 0. The maximum Gasteiger partial charge on any atom is 0.288 e. The molecule has 49 heavy (non-hydrogen) atoms. The molecular weight excluding hydrogens is 599 g/mol. The Bertz CT molecular complexity index is 2430. The fourth-order valence-electron chi connectivity index (χ4n) is 8.14. The van der Waals surface area contributed by atoms with E-state index in [1.807, 2.05) is 0 Å². The molecule has 5 nitrogen and oxygen atoms in total. The van der Waals surface area contributed by atoms with Gasteiger partial charge in [0.25, 0.3) is 22.8 Å². The lowest BCUT2D eigenvalue weighted by atomic mass is 10.0. The normalized spacial score (nSPS) is 12.9. The highest BCUT2D eigenvalue weighted by atomic mass is 15.7. The SMILES string of the molecule is C1=Cc2c(-c3ccccc3)c3ccc4c(-c5ccccc5)c5[n+]6c(c(-c7ccccc7)c7ccc(c(-c8ccccc8)c1[n+]26)n7Nn34)C=C5. The van der Waals surface area contributed by atoms with Gasteiger partial charge in [0.15, 0.2) is 0 Å². The Hall–Kier alpha value is -6.72. The van der Waals surface area contributed by atoms with E-state index >= 15 is 0 Å². The Labute approximate surface area is 282 Å². The minimum absolute atomic E-state index is 1.09. The second kappa shape index (κ2) is 9.89. The van der Waals surface area contributed by atoms with E-state index in [1.165, 1.54) is 0 Å². The van der Waals surface area contributed by atoms with Crippen LogP contribution in [0.5, 0.6) is 0 Å². The van der Waals surface area contributed by atoms with Crippen LogP contribution in [0, 0.1) is 0 Å². The van der Waals surface area contributed by atoms with E-state index in [2.05, 4.69) is 194 Å². The van der Waals surface area contributed by atoms with Gasteiger partial charge < -0.3 is 0 Å². The van der Waals surface area contributed by atoms with Crippen molar-refractivity contribution in [2.75, 3.05) is 5.53 Å². The van der Waals surface area contributed by atoms with Gasteiger partial charge in [0.2, 0.25) is 0 Å². The van der Waals surface area contributed by atoms with Crippen molar-refractivity contribution in [3.63, 3.8) is 0 Å². The molecule has 0 unspecified atom stereocenters. The Morgan fingerprint density at radius 3 is 0.796 bits per heavy atom. The molecule has 0 saturated heterocycles. The van der Waals surface area contributed by atoms with Gasteiger partial charge in [0.1, 0.15) is 0 Å². The van der Waals surface area contributed by atoms with Crippen LogP contribution in [0.2, 0.25) is 0 Å². The first-order chi connectivity index (χ1) is 24.3. The first-order valence-electron chi connectivity index (χ1n) is 16.7. The van der Waals surface area contributed by atoms with E-state index in [-0.39, 0.29) is 0 Å². The molecule has 8 aromatic rings. The van der Waals surface area contributed by atoms with Crippen molar-refractivity contribution in [3.05, 3.63) is 168 Å². The van der Waals surface area contributed by atoms with Crippen molar-refractivity contribution in [2.45, 2.75) is 0 Å². The summed E-state index contributed by atoms with van der Waals surface area (Å²) in [5.41, 5.74) is 22.1. The topological polar surface area (TPSA) is 30.1 Å². The fourth-order valence-corrected chi connectivity index (χ4v) is 8.14. The third-order valence-electron chi connectivity index (χ3n) is 10.2. The Kier molecular flexibility index (Phi) is 5.32. The van der Waals surface area contributed by atoms with Crippen LogP contribution in [0.1, 0.15) is 22.8 Å². The first-order valence-corrected chi connectivity index (χ1v) is 16.7. The predicted molar refractivity (Wildman–Crippen MR) is 198 cm³/mol. The van der Waals surface area contributed by atoms with Gasteiger partial charge >= 0.3 is 0 Å². The lowest BCUT2D eigenvalue weighted by molar-refractivity contribution is -1.12. The predicted octanol–water partition coefficient (Wildman–Crippen LogP) is 9.00. The van der Waals surface area contributed by atoms with Crippen molar-refractivity contribution in [1.29, 1.82) is 0 Å². The Morgan fingerprint density at radius 1 is 0.306 bits per heavy atom. The van der Waals surface area contributed by atoms with Crippen LogP contribution in [0.25, 0.3) is 90.9 Å². The number of hydrogen-bond donors (Lipinski definition) is 1. The van der Waals surface area contributed by atoms with Gasteiger partial charge in [-0.1, -0.05) is 121 Å². The van der Waals surface area contributed by atoms with E-state index < -0.39 is 0 Å². The largest absolute Gasteiger partial charge is 0.288 e. The third kappa shape index (κ3) is 3.59. The molecule has 12 bridgehead atoms. The molecule has 1 N–H and O–H groups in total. The molecule has 8 heterocycles. The number of hydrogen-bond acceptors (Lipinski definition) is 1. The van der Waals surface area contributed by atoms with Crippen molar-refractivity contribution < 1.29 is 9.03 Å². The number of benzene rings is 4. The molecule has 0 aliphatic carbocycles. The van der Waals surface area contributed by atoms with Crippen LogP contribution >= 0.6 is 0 Å². The molecule has 0 fully saturated rings. The highest BCUT2D eigenvalue weighted by Gasteiger charge is 2.40. The van der Waals surface area contributed by atoms with E-state index in [0.717, 1.165) is 89.4 Å². The zero-order chi connectivity index (χ0) is 32.1. The van der Waals surface area contributed by atoms with Gasteiger partial charge in [-0.25, -0.2) is 14.9 Å². The molecule has 5 heteroatoms. The van der Waals surface area contributed by atoms with Gasteiger partial charge in [-0.3, -0.25) is 0 Å². The summed E-state index contributed by atoms with van der Waals surface area (Å²) in [6.07, 6.45) is 9.23. The monoisotopic (exact) mass is 627 g/mol. The van der Waals surface area contributed by atoms with Gasteiger partial charge in [-0.15, -0.1) is 0 Å². The summed E-state index contributed by atoms with van der Waals surface area (Å²) in [5.74, 6) is 0. The van der Waals surface area contributed by atoms with E-state index in [4.69, 9.17) is 0 Å². The van der Waals surface area contributed by atoms with Crippen LogP contribution in [-0.4, -0.2) is 9.35 Å². The minimum Gasteiger partial charge on any atom is -0.240 e. The molecule has 4 aliphatic heterocycles. The van der Waals surface area contributed by atoms with E-state index in [0.29, 0.717) is 0 Å². The van der Waals surface area contributed by atoms with Crippen molar-refractivity contribution in [3.8, 4) is 44.5 Å². The Balaban J connectivity index is 1.54. The molecule has 0 atom stereocenters.